The molecule has 1 amide bonds. The van der Waals surface area contributed by atoms with Crippen molar-refractivity contribution in [1.29, 1.82) is 0 Å². The predicted molar refractivity (Wildman–Crippen MR) is 91.4 cm³/mol. The van der Waals surface area contributed by atoms with E-state index in [1.54, 1.807) is 13.0 Å². The van der Waals surface area contributed by atoms with Gasteiger partial charge in [0.25, 0.3) is 11.6 Å². The average molecular weight is 328 g/mol. The molecule has 0 fully saturated rings. The Hall–Kier alpha value is -2.89. The normalized spacial score (nSPS) is 11.6. The number of ether oxygens (including phenoxy) is 1. The zero-order valence-corrected chi connectivity index (χ0v) is 13.9. The number of nitrogens with zero attached hydrogens (tertiary/aromatic N) is 1. The van der Waals surface area contributed by atoms with Gasteiger partial charge in [0, 0.05) is 17.2 Å². The van der Waals surface area contributed by atoms with E-state index < -0.39 is 4.92 Å². The summed E-state index contributed by atoms with van der Waals surface area (Å²) in [5.74, 6) is 0.419. The first-order chi connectivity index (χ1) is 11.4. The van der Waals surface area contributed by atoms with E-state index >= 15 is 0 Å². The molecule has 2 aromatic rings. The second kappa shape index (κ2) is 7.59. The molecule has 6 heteroatoms. The number of carbonyl (C=O) groups is 1. The summed E-state index contributed by atoms with van der Waals surface area (Å²) in [7, 11) is 0. The van der Waals surface area contributed by atoms with E-state index in [9.17, 15) is 14.9 Å². The topological polar surface area (TPSA) is 81.5 Å². The smallest absolute Gasteiger partial charge is 0.273 e. The van der Waals surface area contributed by atoms with Gasteiger partial charge < -0.3 is 10.1 Å². The van der Waals surface area contributed by atoms with Crippen LogP contribution in [0.3, 0.4) is 0 Å². The van der Waals surface area contributed by atoms with Crippen molar-refractivity contribution in [3.63, 3.8) is 0 Å². The van der Waals surface area contributed by atoms with Crippen molar-refractivity contribution in [2.75, 3.05) is 6.61 Å². The molecule has 2 rings (SSSR count). The van der Waals surface area contributed by atoms with Crippen molar-refractivity contribution in [3.8, 4) is 5.75 Å². The largest absolute Gasteiger partial charge is 0.491 e. The molecule has 0 saturated carbocycles. The molecule has 0 radical (unpaired) electrons. The molecule has 0 aliphatic rings. The molecule has 0 spiro atoms. The van der Waals surface area contributed by atoms with Crippen LogP contribution in [-0.4, -0.2) is 23.5 Å². The highest BCUT2D eigenvalue weighted by Crippen LogP contribution is 2.21. The summed E-state index contributed by atoms with van der Waals surface area (Å²) < 4.78 is 5.70. The van der Waals surface area contributed by atoms with Gasteiger partial charge in [0.15, 0.2) is 0 Å². The number of rotatable bonds is 6. The summed E-state index contributed by atoms with van der Waals surface area (Å²) in [6, 6.07) is 11.9. The number of aryl methyl sites for hydroxylation is 1. The van der Waals surface area contributed by atoms with Crippen molar-refractivity contribution < 1.29 is 14.5 Å². The maximum absolute atomic E-state index is 12.3. The Morgan fingerprint density at radius 1 is 1.21 bits per heavy atom. The fourth-order valence-electron chi connectivity index (χ4n) is 2.34. The minimum atomic E-state index is -0.489. The number of benzene rings is 2. The first kappa shape index (κ1) is 17.5. The Labute approximate surface area is 140 Å². The maximum Gasteiger partial charge on any atom is 0.273 e. The summed E-state index contributed by atoms with van der Waals surface area (Å²) in [4.78, 5) is 22.8. The molecule has 1 unspecified atom stereocenters. The second-order valence-corrected chi connectivity index (χ2v) is 5.66. The molecule has 0 heterocycles. The summed E-state index contributed by atoms with van der Waals surface area (Å²) in [5, 5.41) is 13.8. The molecule has 0 aliphatic heterocycles. The molecule has 0 aliphatic carbocycles. The van der Waals surface area contributed by atoms with Crippen LogP contribution in [-0.2, 0) is 0 Å². The molecule has 0 saturated heterocycles. The average Bonchev–Trinajstić information content (AvgIpc) is 2.54. The monoisotopic (exact) mass is 328 g/mol. The Balaban J connectivity index is 2.01. The Kier molecular flexibility index (Phi) is 5.52. The van der Waals surface area contributed by atoms with Crippen LogP contribution >= 0.6 is 0 Å². The third-order valence-corrected chi connectivity index (χ3v) is 3.71. The zero-order chi connectivity index (χ0) is 17.7. The third-order valence-electron chi connectivity index (χ3n) is 3.71. The SMILES string of the molecule is Cc1ccccc1OCC(C)NC(=O)c1cccc([N+](=O)[O-])c1C. The van der Waals surface area contributed by atoms with Crippen LogP contribution in [0.25, 0.3) is 0 Å². The molecule has 1 atom stereocenters. The van der Waals surface area contributed by atoms with Crippen LogP contribution in [0.1, 0.15) is 28.4 Å². The standard InChI is InChI=1S/C18H20N2O4/c1-12-7-4-5-10-17(12)24-11-13(2)19-18(21)15-8-6-9-16(14(15)3)20(22)23/h4-10,13H,11H2,1-3H3,(H,19,21). The Morgan fingerprint density at radius 3 is 2.58 bits per heavy atom. The van der Waals surface area contributed by atoms with Crippen molar-refractivity contribution >= 4 is 11.6 Å². The van der Waals surface area contributed by atoms with Gasteiger partial charge in [0.05, 0.1) is 11.0 Å². The van der Waals surface area contributed by atoms with Crippen LogP contribution in [0.15, 0.2) is 42.5 Å². The molecule has 2 aromatic carbocycles. The van der Waals surface area contributed by atoms with Gasteiger partial charge in [-0.25, -0.2) is 0 Å². The van der Waals surface area contributed by atoms with E-state index in [2.05, 4.69) is 5.32 Å². The minimum Gasteiger partial charge on any atom is -0.491 e. The Morgan fingerprint density at radius 2 is 1.92 bits per heavy atom. The van der Waals surface area contributed by atoms with Gasteiger partial charge in [-0.2, -0.15) is 0 Å². The number of hydrogen-bond donors (Lipinski definition) is 1. The first-order valence-electron chi connectivity index (χ1n) is 7.63. The highest BCUT2D eigenvalue weighted by atomic mass is 16.6. The number of amides is 1. The maximum atomic E-state index is 12.3. The molecule has 0 aromatic heterocycles. The van der Waals surface area contributed by atoms with Crippen molar-refractivity contribution in [3.05, 3.63) is 69.3 Å². The van der Waals surface area contributed by atoms with E-state index in [0.29, 0.717) is 17.7 Å². The molecular weight excluding hydrogens is 308 g/mol. The summed E-state index contributed by atoms with van der Waals surface area (Å²) >= 11 is 0. The molecular formula is C18H20N2O4. The number of hydrogen-bond acceptors (Lipinski definition) is 4. The number of nitro benzene ring substituents is 1. The summed E-state index contributed by atoms with van der Waals surface area (Å²) in [6.07, 6.45) is 0. The highest BCUT2D eigenvalue weighted by molar-refractivity contribution is 5.96. The van der Waals surface area contributed by atoms with Gasteiger partial charge in [0.1, 0.15) is 12.4 Å². The fourth-order valence-corrected chi connectivity index (χ4v) is 2.34. The molecule has 126 valence electrons. The van der Waals surface area contributed by atoms with Gasteiger partial charge in [-0.15, -0.1) is 0 Å². The lowest BCUT2D eigenvalue weighted by Crippen LogP contribution is -2.37. The van der Waals surface area contributed by atoms with Gasteiger partial charge in [-0.3, -0.25) is 14.9 Å². The number of para-hydroxylation sites is 1. The number of carbonyl (C=O) groups excluding carboxylic acids is 1. The van der Waals surface area contributed by atoms with Gasteiger partial charge >= 0.3 is 0 Å². The third kappa shape index (κ3) is 4.10. The van der Waals surface area contributed by atoms with Crippen molar-refractivity contribution in [2.24, 2.45) is 0 Å². The van der Waals surface area contributed by atoms with Crippen LogP contribution in [0.5, 0.6) is 5.75 Å². The second-order valence-electron chi connectivity index (χ2n) is 5.66. The number of nitro groups is 1. The van der Waals surface area contributed by atoms with Gasteiger partial charge in [-0.05, 0) is 38.5 Å². The number of nitrogens with one attached hydrogen (secondary N) is 1. The molecule has 1 N–H and O–H groups in total. The van der Waals surface area contributed by atoms with Gasteiger partial charge in [0.2, 0.25) is 0 Å². The zero-order valence-electron chi connectivity index (χ0n) is 13.9. The van der Waals surface area contributed by atoms with E-state index in [-0.39, 0.29) is 17.6 Å². The van der Waals surface area contributed by atoms with Gasteiger partial charge in [-0.1, -0.05) is 24.3 Å². The van der Waals surface area contributed by atoms with Crippen LogP contribution in [0, 0.1) is 24.0 Å². The minimum absolute atomic E-state index is 0.0635. The quantitative estimate of drug-likeness (QED) is 0.651. The lowest BCUT2D eigenvalue weighted by atomic mass is 10.1. The first-order valence-corrected chi connectivity index (χ1v) is 7.63. The van der Waals surface area contributed by atoms with Crippen LogP contribution < -0.4 is 10.1 Å². The predicted octanol–water partition coefficient (Wildman–Crippen LogP) is 3.41. The van der Waals surface area contributed by atoms with E-state index in [1.807, 2.05) is 38.1 Å². The van der Waals surface area contributed by atoms with Crippen molar-refractivity contribution in [1.82, 2.24) is 5.32 Å². The van der Waals surface area contributed by atoms with E-state index in [1.165, 1.54) is 12.1 Å². The molecule has 0 bridgehead atoms. The fraction of sp³-hybridized carbons (Fsp3) is 0.278. The summed E-state index contributed by atoms with van der Waals surface area (Å²) in [5.41, 5.74) is 1.61. The van der Waals surface area contributed by atoms with E-state index in [4.69, 9.17) is 4.74 Å². The lowest BCUT2D eigenvalue weighted by Gasteiger charge is -2.16. The van der Waals surface area contributed by atoms with Crippen LogP contribution in [0.2, 0.25) is 0 Å². The van der Waals surface area contributed by atoms with Crippen molar-refractivity contribution in [2.45, 2.75) is 26.8 Å². The van der Waals surface area contributed by atoms with Crippen LogP contribution in [0.4, 0.5) is 5.69 Å². The Bertz CT molecular complexity index is 758. The lowest BCUT2D eigenvalue weighted by molar-refractivity contribution is -0.385. The highest BCUT2D eigenvalue weighted by Gasteiger charge is 2.19. The molecule has 6 nitrogen and oxygen atoms in total. The van der Waals surface area contributed by atoms with E-state index in [0.717, 1.165) is 11.3 Å². The molecule has 24 heavy (non-hydrogen) atoms. The summed E-state index contributed by atoms with van der Waals surface area (Å²) in [6.45, 7) is 5.65.